The highest BCUT2D eigenvalue weighted by Crippen LogP contribution is 2.26. The maximum absolute atomic E-state index is 10.9. The van der Waals surface area contributed by atoms with Gasteiger partial charge >= 0.3 is 0 Å². The van der Waals surface area contributed by atoms with Gasteiger partial charge in [-0.2, -0.15) is 0 Å². The van der Waals surface area contributed by atoms with Crippen LogP contribution in [-0.4, -0.2) is 20.1 Å². The first-order valence-electron chi connectivity index (χ1n) is 6.90. The Morgan fingerprint density at radius 1 is 1.00 bits per heavy atom. The fraction of sp³-hybridized carbons (Fsp3) is 0.176. The first-order chi connectivity index (χ1) is 10.2. The van der Waals surface area contributed by atoms with Crippen LogP contribution in [0.25, 0.3) is 5.69 Å². The SMILES string of the molecule is CC(O)(Cc1ccccc1)c1cnnn1-c1ccccc1. The van der Waals surface area contributed by atoms with E-state index in [-0.39, 0.29) is 0 Å². The molecule has 4 nitrogen and oxygen atoms in total. The summed E-state index contributed by atoms with van der Waals surface area (Å²) < 4.78 is 1.68. The van der Waals surface area contributed by atoms with Crippen molar-refractivity contribution in [3.63, 3.8) is 0 Å². The largest absolute Gasteiger partial charge is 0.383 e. The van der Waals surface area contributed by atoms with Gasteiger partial charge in [0.25, 0.3) is 0 Å². The highest BCUT2D eigenvalue weighted by atomic mass is 16.3. The Bertz CT molecular complexity index is 705. The lowest BCUT2D eigenvalue weighted by Crippen LogP contribution is -2.27. The Balaban J connectivity index is 1.95. The second-order valence-electron chi connectivity index (χ2n) is 5.30. The molecule has 3 aromatic rings. The van der Waals surface area contributed by atoms with Crippen LogP contribution in [0.2, 0.25) is 0 Å². The van der Waals surface area contributed by atoms with Crippen LogP contribution < -0.4 is 0 Å². The van der Waals surface area contributed by atoms with Crippen molar-refractivity contribution in [3.8, 4) is 5.69 Å². The summed E-state index contributed by atoms with van der Waals surface area (Å²) in [5.41, 5.74) is 1.60. The van der Waals surface area contributed by atoms with Gasteiger partial charge in [-0.05, 0) is 24.6 Å². The molecular weight excluding hydrogens is 262 g/mol. The minimum atomic E-state index is -1.04. The van der Waals surface area contributed by atoms with Gasteiger partial charge in [-0.25, -0.2) is 4.68 Å². The summed E-state index contributed by atoms with van der Waals surface area (Å²) in [6.45, 7) is 1.79. The van der Waals surface area contributed by atoms with Crippen molar-refractivity contribution in [2.24, 2.45) is 0 Å². The molecule has 1 unspecified atom stereocenters. The number of nitrogens with zero attached hydrogens (tertiary/aromatic N) is 3. The lowest BCUT2D eigenvalue weighted by Gasteiger charge is -2.23. The van der Waals surface area contributed by atoms with Crippen molar-refractivity contribution >= 4 is 0 Å². The average molecular weight is 279 g/mol. The van der Waals surface area contributed by atoms with Gasteiger partial charge in [-0.15, -0.1) is 5.10 Å². The van der Waals surface area contributed by atoms with Crippen molar-refractivity contribution in [2.45, 2.75) is 18.9 Å². The summed E-state index contributed by atoms with van der Waals surface area (Å²) in [6, 6.07) is 19.6. The van der Waals surface area contributed by atoms with E-state index in [4.69, 9.17) is 0 Å². The fourth-order valence-electron chi connectivity index (χ4n) is 2.45. The Labute approximate surface area is 123 Å². The minimum Gasteiger partial charge on any atom is -0.383 e. The van der Waals surface area contributed by atoms with E-state index in [1.165, 1.54) is 0 Å². The number of hydrogen-bond acceptors (Lipinski definition) is 3. The van der Waals surface area contributed by atoms with Crippen LogP contribution in [0.5, 0.6) is 0 Å². The summed E-state index contributed by atoms with van der Waals surface area (Å²) in [4.78, 5) is 0. The Hall–Kier alpha value is -2.46. The minimum absolute atomic E-state index is 0.508. The van der Waals surface area contributed by atoms with Gasteiger partial charge in [-0.3, -0.25) is 0 Å². The Kier molecular flexibility index (Phi) is 3.54. The summed E-state index contributed by atoms with van der Waals surface area (Å²) in [6.07, 6.45) is 2.13. The van der Waals surface area contributed by atoms with Gasteiger partial charge in [0.1, 0.15) is 5.60 Å². The zero-order valence-electron chi connectivity index (χ0n) is 11.8. The molecule has 0 saturated carbocycles. The zero-order chi connectivity index (χ0) is 14.7. The second-order valence-corrected chi connectivity index (χ2v) is 5.30. The standard InChI is InChI=1S/C17H17N3O/c1-17(21,12-14-8-4-2-5-9-14)16-13-18-19-20(16)15-10-6-3-7-11-15/h2-11,13,21H,12H2,1H3. The van der Waals surface area contributed by atoms with E-state index in [1.807, 2.05) is 60.7 Å². The summed E-state index contributed by atoms with van der Waals surface area (Å²) >= 11 is 0. The molecule has 1 aromatic heterocycles. The summed E-state index contributed by atoms with van der Waals surface area (Å²) in [5, 5.41) is 18.9. The number of para-hydroxylation sites is 1. The van der Waals surface area contributed by atoms with E-state index >= 15 is 0 Å². The van der Waals surface area contributed by atoms with Gasteiger partial charge in [0.05, 0.1) is 17.6 Å². The molecule has 1 N–H and O–H groups in total. The molecule has 2 aromatic carbocycles. The van der Waals surface area contributed by atoms with Crippen LogP contribution in [0.15, 0.2) is 66.9 Å². The van der Waals surface area contributed by atoms with E-state index in [1.54, 1.807) is 17.8 Å². The molecule has 0 fully saturated rings. The van der Waals surface area contributed by atoms with E-state index in [9.17, 15) is 5.11 Å². The molecule has 1 atom stereocenters. The van der Waals surface area contributed by atoms with Crippen molar-refractivity contribution in [1.29, 1.82) is 0 Å². The number of aliphatic hydroxyl groups is 1. The average Bonchev–Trinajstić information content (AvgIpc) is 2.99. The van der Waals surface area contributed by atoms with Crippen molar-refractivity contribution < 1.29 is 5.11 Å². The Morgan fingerprint density at radius 3 is 2.29 bits per heavy atom. The Morgan fingerprint density at radius 2 is 1.62 bits per heavy atom. The van der Waals surface area contributed by atoms with Crippen LogP contribution in [0.3, 0.4) is 0 Å². The number of benzene rings is 2. The normalized spacial score (nSPS) is 13.8. The molecule has 0 saturated heterocycles. The van der Waals surface area contributed by atoms with E-state index < -0.39 is 5.60 Å². The zero-order valence-corrected chi connectivity index (χ0v) is 11.8. The first-order valence-corrected chi connectivity index (χ1v) is 6.90. The molecule has 1 heterocycles. The predicted molar refractivity (Wildman–Crippen MR) is 81.1 cm³/mol. The maximum atomic E-state index is 10.9. The van der Waals surface area contributed by atoms with E-state index in [0.717, 1.165) is 11.3 Å². The molecule has 4 heteroatoms. The number of hydrogen-bond donors (Lipinski definition) is 1. The lowest BCUT2D eigenvalue weighted by atomic mass is 9.93. The fourth-order valence-corrected chi connectivity index (χ4v) is 2.45. The first kappa shape index (κ1) is 13.5. The van der Waals surface area contributed by atoms with Crippen LogP contribution in [0.4, 0.5) is 0 Å². The van der Waals surface area contributed by atoms with Crippen LogP contribution in [-0.2, 0) is 12.0 Å². The van der Waals surface area contributed by atoms with Gasteiger partial charge in [0, 0.05) is 6.42 Å². The monoisotopic (exact) mass is 279 g/mol. The molecule has 0 bridgehead atoms. The van der Waals surface area contributed by atoms with Crippen molar-refractivity contribution in [3.05, 3.63) is 78.1 Å². The predicted octanol–water partition coefficient (Wildman–Crippen LogP) is 2.72. The summed E-state index contributed by atoms with van der Waals surface area (Å²) in [7, 11) is 0. The summed E-state index contributed by atoms with van der Waals surface area (Å²) in [5.74, 6) is 0. The van der Waals surface area contributed by atoms with Crippen LogP contribution in [0, 0.1) is 0 Å². The molecule has 0 aliphatic carbocycles. The van der Waals surface area contributed by atoms with Gasteiger partial charge in [0.15, 0.2) is 0 Å². The smallest absolute Gasteiger partial charge is 0.109 e. The molecular formula is C17H17N3O. The highest BCUT2D eigenvalue weighted by molar-refractivity contribution is 5.33. The second kappa shape index (κ2) is 5.50. The lowest BCUT2D eigenvalue weighted by molar-refractivity contribution is 0.0504. The van der Waals surface area contributed by atoms with Gasteiger partial charge in [0.2, 0.25) is 0 Å². The molecule has 0 aliphatic rings. The van der Waals surface area contributed by atoms with Crippen molar-refractivity contribution in [1.82, 2.24) is 15.0 Å². The molecule has 3 rings (SSSR count). The van der Waals surface area contributed by atoms with Gasteiger partial charge < -0.3 is 5.11 Å². The van der Waals surface area contributed by atoms with Crippen LogP contribution in [0.1, 0.15) is 18.2 Å². The molecule has 0 radical (unpaired) electrons. The topological polar surface area (TPSA) is 50.9 Å². The van der Waals surface area contributed by atoms with Crippen molar-refractivity contribution in [2.75, 3.05) is 0 Å². The highest BCUT2D eigenvalue weighted by Gasteiger charge is 2.28. The third-order valence-electron chi connectivity index (χ3n) is 3.49. The third kappa shape index (κ3) is 2.85. The third-order valence-corrected chi connectivity index (χ3v) is 3.49. The maximum Gasteiger partial charge on any atom is 0.109 e. The quantitative estimate of drug-likeness (QED) is 0.799. The number of rotatable bonds is 4. The molecule has 0 spiro atoms. The molecule has 0 amide bonds. The van der Waals surface area contributed by atoms with Gasteiger partial charge in [-0.1, -0.05) is 53.7 Å². The molecule has 21 heavy (non-hydrogen) atoms. The molecule has 106 valence electrons. The number of aromatic nitrogens is 3. The van der Waals surface area contributed by atoms with E-state index in [2.05, 4.69) is 10.3 Å². The van der Waals surface area contributed by atoms with E-state index in [0.29, 0.717) is 12.1 Å². The van der Waals surface area contributed by atoms with Crippen LogP contribution >= 0.6 is 0 Å². The molecule has 0 aliphatic heterocycles.